The molecule has 0 aliphatic carbocycles. The molecule has 120 valence electrons. The lowest BCUT2D eigenvalue weighted by atomic mass is 10.1. The Balaban J connectivity index is 2.07. The van der Waals surface area contributed by atoms with Crippen LogP contribution in [-0.2, 0) is 6.18 Å². The average molecular weight is 327 g/mol. The Labute approximate surface area is 127 Å². The number of nitrogens with one attached hydrogen (secondary N) is 2. The van der Waals surface area contributed by atoms with E-state index in [2.05, 4.69) is 10.3 Å². The number of hydrogen-bond acceptors (Lipinski definition) is 3. The molecule has 2 aromatic rings. The molecule has 0 atom stereocenters. The average Bonchev–Trinajstić information content (AvgIpc) is 2.46. The van der Waals surface area contributed by atoms with Crippen LogP contribution >= 0.6 is 0 Å². The number of anilines is 1. The van der Waals surface area contributed by atoms with Crippen LogP contribution in [0.15, 0.2) is 42.7 Å². The van der Waals surface area contributed by atoms with E-state index in [4.69, 9.17) is 0 Å². The molecule has 23 heavy (non-hydrogen) atoms. The van der Waals surface area contributed by atoms with Crippen molar-refractivity contribution in [3.63, 3.8) is 0 Å². The van der Waals surface area contributed by atoms with Gasteiger partial charge in [0.1, 0.15) is 5.82 Å². The summed E-state index contributed by atoms with van der Waals surface area (Å²) in [5, 5.41) is 4.07. The quantitative estimate of drug-likeness (QED) is 0.832. The zero-order valence-corrected chi connectivity index (χ0v) is 11.3. The molecule has 0 saturated carbocycles. The molecule has 0 radical (unpaired) electrons. The van der Waals surface area contributed by atoms with Gasteiger partial charge >= 0.3 is 12.2 Å². The molecule has 0 unspecified atom stereocenters. The molecule has 2 rings (SSSR count). The Kier molecular flexibility index (Phi) is 4.58. The second-order valence-electron chi connectivity index (χ2n) is 4.34. The maximum absolute atomic E-state index is 13.6. The van der Waals surface area contributed by atoms with Crippen molar-refractivity contribution < 1.29 is 27.2 Å². The largest absolute Gasteiger partial charge is 0.416 e. The van der Waals surface area contributed by atoms with Gasteiger partial charge in [-0.3, -0.25) is 15.1 Å². The summed E-state index contributed by atoms with van der Waals surface area (Å²) in [4.78, 5) is 27.0. The van der Waals surface area contributed by atoms with E-state index in [0.29, 0.717) is 12.1 Å². The van der Waals surface area contributed by atoms with Gasteiger partial charge in [-0.2, -0.15) is 13.2 Å². The number of alkyl halides is 3. The zero-order chi connectivity index (χ0) is 17.0. The van der Waals surface area contributed by atoms with Gasteiger partial charge in [0.05, 0.1) is 23.0 Å². The molecule has 2 N–H and O–H groups in total. The summed E-state index contributed by atoms with van der Waals surface area (Å²) in [6, 6.07) is 3.46. The van der Waals surface area contributed by atoms with Crippen molar-refractivity contribution in [3.8, 4) is 0 Å². The zero-order valence-electron chi connectivity index (χ0n) is 11.3. The van der Waals surface area contributed by atoms with Gasteiger partial charge in [-0.25, -0.2) is 9.18 Å². The van der Waals surface area contributed by atoms with Gasteiger partial charge in [-0.05, 0) is 30.3 Å². The number of aromatic nitrogens is 1. The van der Waals surface area contributed by atoms with Gasteiger partial charge in [-0.15, -0.1) is 0 Å². The number of hydrogen-bond donors (Lipinski definition) is 2. The van der Waals surface area contributed by atoms with Crippen LogP contribution in [0.3, 0.4) is 0 Å². The minimum Gasteiger partial charge on any atom is -0.306 e. The third-order valence-corrected chi connectivity index (χ3v) is 2.69. The summed E-state index contributed by atoms with van der Waals surface area (Å²) < 4.78 is 50.9. The normalized spacial score (nSPS) is 11.0. The van der Waals surface area contributed by atoms with Crippen LogP contribution in [0.1, 0.15) is 15.9 Å². The summed E-state index contributed by atoms with van der Waals surface area (Å²) in [6.45, 7) is 0. The minimum atomic E-state index is -4.73. The van der Waals surface area contributed by atoms with E-state index < -0.39 is 35.1 Å². The SMILES string of the molecule is O=C(NC(=O)c1ccc(C(F)(F)F)cc1F)Nc1cccnc1. The van der Waals surface area contributed by atoms with E-state index in [1.165, 1.54) is 24.5 Å². The molecule has 0 aliphatic rings. The van der Waals surface area contributed by atoms with Crippen molar-refractivity contribution in [3.05, 3.63) is 59.7 Å². The maximum Gasteiger partial charge on any atom is 0.416 e. The number of nitrogens with zero attached hydrogens (tertiary/aromatic N) is 1. The van der Waals surface area contributed by atoms with Crippen molar-refractivity contribution in [1.82, 2.24) is 10.3 Å². The maximum atomic E-state index is 13.6. The molecule has 0 spiro atoms. The van der Waals surface area contributed by atoms with Crippen molar-refractivity contribution in [2.24, 2.45) is 0 Å². The molecule has 1 aromatic heterocycles. The second-order valence-corrected chi connectivity index (χ2v) is 4.34. The topological polar surface area (TPSA) is 71.1 Å². The highest BCUT2D eigenvalue weighted by atomic mass is 19.4. The number of urea groups is 1. The first-order chi connectivity index (χ1) is 10.8. The van der Waals surface area contributed by atoms with Crippen molar-refractivity contribution in [2.75, 3.05) is 5.32 Å². The first kappa shape index (κ1) is 16.4. The highest BCUT2D eigenvalue weighted by Crippen LogP contribution is 2.30. The number of imide groups is 1. The van der Waals surface area contributed by atoms with Gasteiger partial charge in [0, 0.05) is 6.20 Å². The van der Waals surface area contributed by atoms with E-state index in [0.717, 1.165) is 0 Å². The third kappa shape index (κ3) is 4.25. The van der Waals surface area contributed by atoms with Crippen molar-refractivity contribution in [1.29, 1.82) is 0 Å². The summed E-state index contributed by atoms with van der Waals surface area (Å²) >= 11 is 0. The van der Waals surface area contributed by atoms with E-state index >= 15 is 0 Å². The molecular weight excluding hydrogens is 318 g/mol. The molecule has 9 heteroatoms. The highest BCUT2D eigenvalue weighted by molar-refractivity contribution is 6.08. The standard InChI is InChI=1S/C14H9F4N3O2/c15-11-6-8(14(16,17)18)3-4-10(11)12(22)21-13(23)20-9-2-1-5-19-7-9/h1-7H,(H2,20,21,22,23). The number of amides is 3. The van der Waals surface area contributed by atoms with Gasteiger partial charge in [0.15, 0.2) is 0 Å². The second kappa shape index (κ2) is 6.42. The summed E-state index contributed by atoms with van der Waals surface area (Å²) in [6.07, 6.45) is -1.96. The lowest BCUT2D eigenvalue weighted by molar-refractivity contribution is -0.137. The molecular formula is C14H9F4N3O2. The number of carbonyl (C=O) groups excluding carboxylic acids is 2. The Morgan fingerprint density at radius 1 is 1.13 bits per heavy atom. The molecule has 0 fully saturated rings. The van der Waals surface area contributed by atoms with Crippen LogP contribution in [0.5, 0.6) is 0 Å². The van der Waals surface area contributed by atoms with Gasteiger partial charge in [0.2, 0.25) is 0 Å². The minimum absolute atomic E-state index is 0.188. The fourth-order valence-corrected chi connectivity index (χ4v) is 1.65. The fourth-order valence-electron chi connectivity index (χ4n) is 1.65. The molecule has 3 amide bonds. The fraction of sp³-hybridized carbons (Fsp3) is 0.0714. The Morgan fingerprint density at radius 3 is 2.43 bits per heavy atom. The predicted molar refractivity (Wildman–Crippen MR) is 72.1 cm³/mol. The number of carbonyl (C=O) groups is 2. The number of rotatable bonds is 2. The van der Waals surface area contributed by atoms with Gasteiger partial charge in [-0.1, -0.05) is 0 Å². The van der Waals surface area contributed by atoms with Crippen LogP contribution in [0.4, 0.5) is 28.0 Å². The van der Waals surface area contributed by atoms with Gasteiger partial charge < -0.3 is 5.32 Å². The Hall–Kier alpha value is -2.97. The third-order valence-electron chi connectivity index (χ3n) is 2.69. The Morgan fingerprint density at radius 2 is 1.87 bits per heavy atom. The van der Waals surface area contributed by atoms with Crippen molar-refractivity contribution >= 4 is 17.6 Å². The van der Waals surface area contributed by atoms with Crippen LogP contribution in [0, 0.1) is 5.82 Å². The molecule has 0 aliphatic heterocycles. The van der Waals surface area contributed by atoms with Crippen LogP contribution < -0.4 is 10.6 Å². The lowest BCUT2D eigenvalue weighted by Crippen LogP contribution is -2.34. The van der Waals surface area contributed by atoms with Crippen LogP contribution in [-0.4, -0.2) is 16.9 Å². The van der Waals surface area contributed by atoms with E-state index in [1.807, 2.05) is 0 Å². The molecule has 1 heterocycles. The molecule has 1 aromatic carbocycles. The first-order valence-electron chi connectivity index (χ1n) is 6.16. The number of benzene rings is 1. The van der Waals surface area contributed by atoms with Crippen LogP contribution in [0.25, 0.3) is 0 Å². The van der Waals surface area contributed by atoms with E-state index in [-0.39, 0.29) is 11.8 Å². The molecule has 5 nitrogen and oxygen atoms in total. The molecule has 0 bridgehead atoms. The van der Waals surface area contributed by atoms with Gasteiger partial charge in [0.25, 0.3) is 5.91 Å². The predicted octanol–water partition coefficient (Wildman–Crippen LogP) is 3.20. The Bertz CT molecular complexity index is 733. The first-order valence-corrected chi connectivity index (χ1v) is 6.16. The summed E-state index contributed by atoms with van der Waals surface area (Å²) in [5.74, 6) is -2.55. The highest BCUT2D eigenvalue weighted by Gasteiger charge is 2.31. The monoisotopic (exact) mass is 327 g/mol. The molecule has 0 saturated heterocycles. The summed E-state index contributed by atoms with van der Waals surface area (Å²) in [5.41, 5.74) is -1.63. The number of halogens is 4. The lowest BCUT2D eigenvalue weighted by Gasteiger charge is -2.09. The van der Waals surface area contributed by atoms with Crippen LogP contribution in [0.2, 0.25) is 0 Å². The number of pyridine rings is 1. The van der Waals surface area contributed by atoms with Crippen molar-refractivity contribution in [2.45, 2.75) is 6.18 Å². The van der Waals surface area contributed by atoms with E-state index in [9.17, 15) is 27.2 Å². The summed E-state index contributed by atoms with van der Waals surface area (Å²) in [7, 11) is 0. The smallest absolute Gasteiger partial charge is 0.306 e. The van der Waals surface area contributed by atoms with E-state index in [1.54, 1.807) is 5.32 Å².